The molecular formula is C13H10N3O2S. The van der Waals surface area contributed by atoms with E-state index in [-0.39, 0.29) is 0 Å². The minimum atomic E-state index is -3.17. The maximum atomic E-state index is 11.4. The van der Waals surface area contributed by atoms with Gasteiger partial charge in [0.1, 0.15) is 0 Å². The Balaban J connectivity index is 2.15. The molecule has 6 heteroatoms. The minimum absolute atomic E-state index is 0.300. The van der Waals surface area contributed by atoms with Crippen LogP contribution in [0.5, 0.6) is 0 Å². The van der Waals surface area contributed by atoms with Crippen LogP contribution in [0.1, 0.15) is 0 Å². The van der Waals surface area contributed by atoms with Gasteiger partial charge in [-0.25, -0.2) is 17.9 Å². The van der Waals surface area contributed by atoms with Crippen molar-refractivity contribution in [2.75, 3.05) is 6.26 Å². The van der Waals surface area contributed by atoms with Crippen LogP contribution in [-0.2, 0) is 9.84 Å². The minimum Gasteiger partial charge on any atom is -0.224 e. The maximum absolute atomic E-state index is 11.4. The van der Waals surface area contributed by atoms with Crippen molar-refractivity contribution in [3.05, 3.63) is 48.8 Å². The van der Waals surface area contributed by atoms with E-state index in [2.05, 4.69) is 16.4 Å². The molecule has 0 aliphatic rings. The van der Waals surface area contributed by atoms with Gasteiger partial charge in [0, 0.05) is 11.8 Å². The predicted octanol–water partition coefficient (Wildman–Crippen LogP) is 1.60. The molecule has 2 heterocycles. The normalized spacial score (nSPS) is 11.8. The smallest absolute Gasteiger partial charge is 0.221 e. The molecule has 0 atom stereocenters. The molecule has 0 aliphatic carbocycles. The van der Waals surface area contributed by atoms with E-state index in [1.54, 1.807) is 28.8 Å². The van der Waals surface area contributed by atoms with Gasteiger partial charge in [-0.3, -0.25) is 0 Å². The lowest BCUT2D eigenvalue weighted by atomic mass is 10.1. The van der Waals surface area contributed by atoms with Crippen LogP contribution in [0.25, 0.3) is 16.9 Å². The molecule has 2 aromatic heterocycles. The molecule has 3 rings (SSSR count). The van der Waals surface area contributed by atoms with Crippen LogP contribution in [-0.4, -0.2) is 29.3 Å². The van der Waals surface area contributed by atoms with Gasteiger partial charge in [-0.2, -0.15) is 0 Å². The molecule has 19 heavy (non-hydrogen) atoms. The van der Waals surface area contributed by atoms with E-state index in [0.29, 0.717) is 10.5 Å². The summed E-state index contributed by atoms with van der Waals surface area (Å²) in [6.45, 7) is 0. The van der Waals surface area contributed by atoms with Crippen molar-refractivity contribution in [1.29, 1.82) is 0 Å². The molecule has 1 aromatic carbocycles. The van der Waals surface area contributed by atoms with E-state index in [1.807, 2.05) is 18.2 Å². The molecule has 0 unspecified atom stereocenters. The van der Waals surface area contributed by atoms with Crippen LogP contribution >= 0.6 is 0 Å². The number of hydrogen-bond donors (Lipinski definition) is 0. The zero-order valence-electron chi connectivity index (χ0n) is 10.1. The Bertz CT molecular complexity index is 836. The fraction of sp³-hybridized carbons (Fsp3) is 0.0769. The summed E-state index contributed by atoms with van der Waals surface area (Å²) in [5, 5.41) is 4.03. The van der Waals surface area contributed by atoms with Crippen LogP contribution < -0.4 is 0 Å². The van der Waals surface area contributed by atoms with Gasteiger partial charge >= 0.3 is 0 Å². The Labute approximate surface area is 110 Å². The van der Waals surface area contributed by atoms with E-state index in [4.69, 9.17) is 0 Å². The van der Waals surface area contributed by atoms with E-state index >= 15 is 0 Å². The molecule has 0 aliphatic heterocycles. The van der Waals surface area contributed by atoms with Crippen LogP contribution in [0.3, 0.4) is 0 Å². The Morgan fingerprint density at radius 1 is 1.11 bits per heavy atom. The average molecular weight is 272 g/mol. The van der Waals surface area contributed by atoms with Crippen molar-refractivity contribution >= 4 is 15.5 Å². The van der Waals surface area contributed by atoms with Gasteiger partial charge < -0.3 is 0 Å². The molecule has 1 radical (unpaired) electrons. The van der Waals surface area contributed by atoms with Crippen molar-refractivity contribution in [3.63, 3.8) is 0 Å². The third-order valence-corrected chi connectivity index (χ3v) is 3.96. The standard InChI is InChI=1S/C13H10N3O2S/c1-19(17,18)11-7-5-10(6-8-11)12-3-2-4-13-14-9-15-16(12)13/h2-8H,1H3. The second kappa shape index (κ2) is 4.17. The molecule has 0 N–H and O–H groups in total. The third kappa shape index (κ3) is 2.10. The molecule has 0 spiro atoms. The van der Waals surface area contributed by atoms with E-state index in [9.17, 15) is 8.42 Å². The van der Waals surface area contributed by atoms with Gasteiger partial charge in [0.15, 0.2) is 15.5 Å². The first-order valence-corrected chi connectivity index (χ1v) is 7.47. The van der Waals surface area contributed by atoms with Gasteiger partial charge in [0.2, 0.25) is 6.33 Å². The first-order chi connectivity index (χ1) is 9.05. The second-order valence-corrected chi connectivity index (χ2v) is 6.21. The fourth-order valence-electron chi connectivity index (χ4n) is 1.89. The van der Waals surface area contributed by atoms with Crippen molar-refractivity contribution in [2.24, 2.45) is 0 Å². The summed E-state index contributed by atoms with van der Waals surface area (Å²) < 4.78 is 24.5. The summed E-state index contributed by atoms with van der Waals surface area (Å²) >= 11 is 0. The Morgan fingerprint density at radius 2 is 1.84 bits per heavy atom. The summed E-state index contributed by atoms with van der Waals surface area (Å²) in [5.41, 5.74) is 2.41. The predicted molar refractivity (Wildman–Crippen MR) is 70.4 cm³/mol. The van der Waals surface area contributed by atoms with Gasteiger partial charge in [0.25, 0.3) is 0 Å². The van der Waals surface area contributed by atoms with Crippen molar-refractivity contribution in [1.82, 2.24) is 14.6 Å². The van der Waals surface area contributed by atoms with Gasteiger partial charge in [-0.15, -0.1) is 5.10 Å². The number of fused-ring (bicyclic) bond motifs is 1. The highest BCUT2D eigenvalue weighted by atomic mass is 32.2. The average Bonchev–Trinajstić information content (AvgIpc) is 2.86. The van der Waals surface area contributed by atoms with Gasteiger partial charge in [-0.1, -0.05) is 18.2 Å². The maximum Gasteiger partial charge on any atom is 0.221 e. The number of pyridine rings is 1. The summed E-state index contributed by atoms with van der Waals surface area (Å²) in [5.74, 6) is 0. The quantitative estimate of drug-likeness (QED) is 0.710. The molecule has 0 amide bonds. The highest BCUT2D eigenvalue weighted by Gasteiger charge is 2.09. The summed E-state index contributed by atoms with van der Waals surface area (Å²) in [4.78, 5) is 4.29. The van der Waals surface area contributed by atoms with Crippen LogP contribution in [0.4, 0.5) is 0 Å². The largest absolute Gasteiger partial charge is 0.224 e. The first-order valence-electron chi connectivity index (χ1n) is 5.58. The topological polar surface area (TPSA) is 64.3 Å². The van der Waals surface area contributed by atoms with Gasteiger partial charge in [0.05, 0.1) is 10.6 Å². The summed E-state index contributed by atoms with van der Waals surface area (Å²) in [7, 11) is -3.17. The third-order valence-electron chi connectivity index (χ3n) is 2.83. The van der Waals surface area contributed by atoms with Crippen molar-refractivity contribution < 1.29 is 8.42 Å². The second-order valence-electron chi connectivity index (χ2n) is 4.19. The van der Waals surface area contributed by atoms with Crippen LogP contribution in [0.15, 0.2) is 47.4 Å². The molecule has 95 valence electrons. The van der Waals surface area contributed by atoms with Crippen molar-refractivity contribution in [3.8, 4) is 11.3 Å². The first kappa shape index (κ1) is 11.9. The lowest BCUT2D eigenvalue weighted by Crippen LogP contribution is -1.97. The Kier molecular flexibility index (Phi) is 2.60. The zero-order valence-corrected chi connectivity index (χ0v) is 10.9. The molecule has 0 saturated heterocycles. The number of aromatic nitrogens is 3. The number of hydrogen-bond acceptors (Lipinski definition) is 4. The Morgan fingerprint density at radius 3 is 2.53 bits per heavy atom. The SMILES string of the molecule is CS(=O)(=O)c1ccc(-c2cccc3n[c]nn23)cc1. The van der Waals surface area contributed by atoms with Crippen LogP contribution in [0.2, 0.25) is 0 Å². The molecule has 0 saturated carbocycles. The monoisotopic (exact) mass is 272 g/mol. The number of nitrogens with zero attached hydrogens (tertiary/aromatic N) is 3. The van der Waals surface area contributed by atoms with Crippen LogP contribution in [0, 0.1) is 6.33 Å². The number of benzene rings is 1. The number of sulfone groups is 1. The molecule has 5 nitrogen and oxygen atoms in total. The molecule has 0 bridgehead atoms. The van der Waals surface area contributed by atoms with Gasteiger partial charge in [-0.05, 0) is 24.3 Å². The highest BCUT2D eigenvalue weighted by molar-refractivity contribution is 7.90. The molecule has 3 aromatic rings. The lowest BCUT2D eigenvalue weighted by Gasteiger charge is -2.05. The van der Waals surface area contributed by atoms with E-state index in [0.717, 1.165) is 11.3 Å². The Hall–Kier alpha value is -2.21. The number of rotatable bonds is 2. The molecular weight excluding hydrogens is 262 g/mol. The van der Waals surface area contributed by atoms with Crippen molar-refractivity contribution in [2.45, 2.75) is 4.90 Å². The summed E-state index contributed by atoms with van der Waals surface area (Å²) in [6, 6.07) is 12.3. The fourth-order valence-corrected chi connectivity index (χ4v) is 2.52. The lowest BCUT2D eigenvalue weighted by molar-refractivity contribution is 0.602. The molecule has 0 fully saturated rings. The summed E-state index contributed by atoms with van der Waals surface area (Å²) in [6.07, 6.45) is 3.74. The van der Waals surface area contributed by atoms with E-state index < -0.39 is 9.84 Å². The highest BCUT2D eigenvalue weighted by Crippen LogP contribution is 2.21. The zero-order chi connectivity index (χ0) is 13.5. The van der Waals surface area contributed by atoms with E-state index in [1.165, 1.54) is 6.26 Å².